The number of thioether (sulfide) groups is 1. The first-order valence-electron chi connectivity index (χ1n) is 7.21. The van der Waals surface area contributed by atoms with Gasteiger partial charge in [-0.25, -0.2) is 4.68 Å². The quantitative estimate of drug-likeness (QED) is 0.939. The number of aromatic nitrogens is 4. The Hall–Kier alpha value is -2.15. The van der Waals surface area contributed by atoms with E-state index in [0.29, 0.717) is 18.1 Å². The summed E-state index contributed by atoms with van der Waals surface area (Å²) in [5.41, 5.74) is 2.83. The van der Waals surface area contributed by atoms with E-state index < -0.39 is 0 Å². The van der Waals surface area contributed by atoms with Gasteiger partial charge in [0.1, 0.15) is 0 Å². The molecule has 1 amide bonds. The Morgan fingerprint density at radius 3 is 3.14 bits per heavy atom. The average molecular weight is 315 g/mol. The Labute approximate surface area is 133 Å². The van der Waals surface area contributed by atoms with E-state index in [0.717, 1.165) is 17.7 Å². The Balaban J connectivity index is 1.86. The lowest BCUT2D eigenvalue weighted by molar-refractivity contribution is 0.102. The number of nitrogens with zero attached hydrogens (tertiary/aromatic N) is 4. The standard InChI is InChI=1S/C15H17N5OS/c1-3-8-20-15(17-18-19-20)16-14(21)12-7-6-11-5-4-9-22-13(11)10(12)2/h4-7H,3,8-9H2,1-2H3,(H,16,17,19,21). The summed E-state index contributed by atoms with van der Waals surface area (Å²) in [6.45, 7) is 4.69. The van der Waals surface area contributed by atoms with Crippen LogP contribution in [-0.2, 0) is 6.54 Å². The molecule has 0 spiro atoms. The van der Waals surface area contributed by atoms with Crippen LogP contribution < -0.4 is 5.32 Å². The van der Waals surface area contributed by atoms with Crippen molar-refractivity contribution in [2.45, 2.75) is 31.7 Å². The van der Waals surface area contributed by atoms with Crippen LogP contribution in [0.2, 0.25) is 0 Å². The molecular weight excluding hydrogens is 298 g/mol. The number of hydrogen-bond acceptors (Lipinski definition) is 5. The number of aryl methyl sites for hydroxylation is 1. The fourth-order valence-electron chi connectivity index (χ4n) is 2.41. The average Bonchev–Trinajstić information content (AvgIpc) is 2.95. The van der Waals surface area contributed by atoms with Crippen LogP contribution in [0, 0.1) is 6.92 Å². The molecule has 0 saturated heterocycles. The Morgan fingerprint density at radius 2 is 2.32 bits per heavy atom. The lowest BCUT2D eigenvalue weighted by atomic mass is 10.0. The summed E-state index contributed by atoms with van der Waals surface area (Å²) in [4.78, 5) is 13.7. The predicted octanol–water partition coefficient (Wildman–Crippen LogP) is 2.76. The van der Waals surface area contributed by atoms with Crippen molar-refractivity contribution < 1.29 is 4.79 Å². The third kappa shape index (κ3) is 2.76. The topological polar surface area (TPSA) is 72.7 Å². The molecule has 114 valence electrons. The van der Waals surface area contributed by atoms with Gasteiger partial charge in [0.15, 0.2) is 0 Å². The molecule has 1 aromatic heterocycles. The van der Waals surface area contributed by atoms with E-state index in [9.17, 15) is 4.79 Å². The van der Waals surface area contributed by atoms with Gasteiger partial charge in [-0.2, -0.15) is 0 Å². The lowest BCUT2D eigenvalue weighted by Crippen LogP contribution is -2.18. The zero-order chi connectivity index (χ0) is 15.5. The third-order valence-electron chi connectivity index (χ3n) is 3.49. The maximum atomic E-state index is 12.5. The van der Waals surface area contributed by atoms with Crippen LogP contribution in [0.4, 0.5) is 5.95 Å². The molecule has 2 heterocycles. The van der Waals surface area contributed by atoms with Crippen LogP contribution in [-0.4, -0.2) is 31.9 Å². The van der Waals surface area contributed by atoms with Gasteiger partial charge in [0.2, 0.25) is 5.95 Å². The van der Waals surface area contributed by atoms with Crippen LogP contribution in [0.15, 0.2) is 23.1 Å². The van der Waals surface area contributed by atoms with Crippen molar-refractivity contribution in [2.24, 2.45) is 0 Å². The molecule has 0 saturated carbocycles. The molecule has 7 heteroatoms. The summed E-state index contributed by atoms with van der Waals surface area (Å²) < 4.78 is 1.60. The maximum Gasteiger partial charge on any atom is 0.258 e. The van der Waals surface area contributed by atoms with Gasteiger partial charge in [0.05, 0.1) is 0 Å². The molecule has 0 fully saturated rings. The first-order valence-corrected chi connectivity index (χ1v) is 8.19. The number of rotatable bonds is 4. The fraction of sp³-hybridized carbons (Fsp3) is 0.333. The monoisotopic (exact) mass is 315 g/mol. The van der Waals surface area contributed by atoms with Crippen LogP contribution in [0.1, 0.15) is 34.8 Å². The van der Waals surface area contributed by atoms with E-state index >= 15 is 0 Å². The molecule has 1 aliphatic heterocycles. The number of carbonyl (C=O) groups is 1. The van der Waals surface area contributed by atoms with Gasteiger partial charge in [0.25, 0.3) is 5.91 Å². The van der Waals surface area contributed by atoms with Gasteiger partial charge in [0, 0.05) is 22.8 Å². The van der Waals surface area contributed by atoms with Crippen molar-refractivity contribution in [3.63, 3.8) is 0 Å². The molecule has 1 aliphatic rings. The molecule has 1 N–H and O–H groups in total. The third-order valence-corrected chi connectivity index (χ3v) is 4.68. The highest BCUT2D eigenvalue weighted by Gasteiger charge is 2.18. The molecule has 0 atom stereocenters. The lowest BCUT2D eigenvalue weighted by Gasteiger charge is -2.16. The fourth-order valence-corrected chi connectivity index (χ4v) is 3.40. The summed E-state index contributed by atoms with van der Waals surface area (Å²) in [5, 5.41) is 14.2. The number of nitrogens with one attached hydrogen (secondary N) is 1. The van der Waals surface area contributed by atoms with Crippen molar-refractivity contribution in [1.82, 2.24) is 20.2 Å². The van der Waals surface area contributed by atoms with Gasteiger partial charge in [-0.05, 0) is 41.0 Å². The summed E-state index contributed by atoms with van der Waals surface area (Å²) in [5.74, 6) is 1.15. The largest absolute Gasteiger partial charge is 0.289 e. The van der Waals surface area contributed by atoms with Gasteiger partial charge in [-0.1, -0.05) is 30.2 Å². The SMILES string of the molecule is CCCn1nnnc1NC(=O)c1ccc2c(c1C)SCC=C2. The summed E-state index contributed by atoms with van der Waals surface area (Å²) in [6, 6.07) is 3.84. The Morgan fingerprint density at radius 1 is 1.45 bits per heavy atom. The molecule has 0 aliphatic carbocycles. The van der Waals surface area contributed by atoms with E-state index in [1.807, 2.05) is 26.0 Å². The van der Waals surface area contributed by atoms with Gasteiger partial charge in [-0.3, -0.25) is 10.1 Å². The second-order valence-electron chi connectivity index (χ2n) is 5.05. The number of benzene rings is 1. The van der Waals surface area contributed by atoms with Crippen molar-refractivity contribution in [2.75, 3.05) is 11.1 Å². The Bertz CT molecular complexity index is 738. The van der Waals surface area contributed by atoms with E-state index in [-0.39, 0.29) is 5.91 Å². The minimum atomic E-state index is -0.178. The first-order chi connectivity index (χ1) is 10.7. The molecule has 1 aromatic carbocycles. The van der Waals surface area contributed by atoms with E-state index in [4.69, 9.17) is 0 Å². The highest BCUT2D eigenvalue weighted by atomic mass is 32.2. The van der Waals surface area contributed by atoms with Crippen molar-refractivity contribution in [3.8, 4) is 0 Å². The van der Waals surface area contributed by atoms with Gasteiger partial charge in [-0.15, -0.1) is 11.8 Å². The molecule has 22 heavy (non-hydrogen) atoms. The molecule has 0 bridgehead atoms. The van der Waals surface area contributed by atoms with Crippen LogP contribution in [0.3, 0.4) is 0 Å². The maximum absolute atomic E-state index is 12.5. The molecule has 6 nitrogen and oxygen atoms in total. The number of hydrogen-bond donors (Lipinski definition) is 1. The van der Waals surface area contributed by atoms with E-state index in [2.05, 4.69) is 33.0 Å². The minimum Gasteiger partial charge on any atom is -0.289 e. The number of anilines is 1. The van der Waals surface area contributed by atoms with E-state index in [1.165, 1.54) is 10.5 Å². The van der Waals surface area contributed by atoms with E-state index in [1.54, 1.807) is 16.4 Å². The zero-order valence-corrected chi connectivity index (χ0v) is 13.4. The van der Waals surface area contributed by atoms with Gasteiger partial charge >= 0.3 is 0 Å². The van der Waals surface area contributed by atoms with Gasteiger partial charge < -0.3 is 0 Å². The molecular formula is C15H17N5OS. The van der Waals surface area contributed by atoms with Crippen LogP contribution in [0.5, 0.6) is 0 Å². The van der Waals surface area contributed by atoms with Crippen molar-refractivity contribution >= 4 is 29.7 Å². The molecule has 3 rings (SSSR count). The predicted molar refractivity (Wildman–Crippen MR) is 87.0 cm³/mol. The zero-order valence-electron chi connectivity index (χ0n) is 12.5. The minimum absolute atomic E-state index is 0.178. The highest BCUT2D eigenvalue weighted by molar-refractivity contribution is 7.99. The Kier molecular flexibility index (Phi) is 4.24. The first kappa shape index (κ1) is 14.8. The molecule has 0 radical (unpaired) electrons. The molecule has 0 unspecified atom stereocenters. The summed E-state index contributed by atoms with van der Waals surface area (Å²) >= 11 is 1.75. The second kappa shape index (κ2) is 6.31. The summed E-state index contributed by atoms with van der Waals surface area (Å²) in [6.07, 6.45) is 5.13. The number of tetrazole rings is 1. The number of amides is 1. The van der Waals surface area contributed by atoms with Crippen LogP contribution in [0.25, 0.3) is 6.08 Å². The van der Waals surface area contributed by atoms with Crippen LogP contribution >= 0.6 is 11.8 Å². The van der Waals surface area contributed by atoms with Crippen molar-refractivity contribution in [3.05, 3.63) is 34.9 Å². The smallest absolute Gasteiger partial charge is 0.258 e. The van der Waals surface area contributed by atoms with Crippen molar-refractivity contribution in [1.29, 1.82) is 0 Å². The molecule has 2 aromatic rings. The highest BCUT2D eigenvalue weighted by Crippen LogP contribution is 2.33. The number of carbonyl (C=O) groups excluding carboxylic acids is 1. The summed E-state index contributed by atoms with van der Waals surface area (Å²) in [7, 11) is 0. The second-order valence-corrected chi connectivity index (χ2v) is 6.08. The normalized spacial score (nSPS) is 13.0. The number of fused-ring (bicyclic) bond motifs is 1.